The highest BCUT2D eigenvalue weighted by Gasteiger charge is 2.31. The van der Waals surface area contributed by atoms with Gasteiger partial charge in [0.25, 0.3) is 0 Å². The highest BCUT2D eigenvalue weighted by Crippen LogP contribution is 2.22. The first kappa shape index (κ1) is 12.6. The number of hydrogen-bond donors (Lipinski definition) is 2. The first-order chi connectivity index (χ1) is 8.06. The number of rotatable bonds is 2. The largest absolute Gasteiger partial charge is 0.388 e. The molecule has 6 heteroatoms. The fourth-order valence-electron chi connectivity index (χ4n) is 1.63. The molecule has 0 bridgehead atoms. The zero-order valence-electron chi connectivity index (χ0n) is 8.91. The van der Waals surface area contributed by atoms with Crippen molar-refractivity contribution < 1.29 is 15.0 Å². The van der Waals surface area contributed by atoms with Gasteiger partial charge in [0.05, 0.1) is 16.5 Å². The van der Waals surface area contributed by atoms with Gasteiger partial charge in [0.2, 0.25) is 5.91 Å². The molecule has 1 aromatic heterocycles. The predicted molar refractivity (Wildman–Crippen MR) is 67.0 cm³/mol. The zero-order chi connectivity index (χ0) is 12.4. The lowest BCUT2D eigenvalue weighted by molar-refractivity contribution is -0.125. The monoisotopic (exact) mass is 273 g/mol. The van der Waals surface area contributed by atoms with Gasteiger partial charge in [-0.1, -0.05) is 11.6 Å². The molecule has 1 amide bonds. The van der Waals surface area contributed by atoms with Crippen molar-refractivity contribution in [2.24, 2.45) is 0 Å². The van der Waals surface area contributed by atoms with E-state index >= 15 is 0 Å². The van der Waals surface area contributed by atoms with Crippen LogP contribution < -0.4 is 0 Å². The number of amides is 1. The van der Waals surface area contributed by atoms with Crippen molar-refractivity contribution in [2.75, 3.05) is 13.1 Å². The predicted octanol–water partition coefficient (Wildman–Crippen LogP) is 0.979. The Balaban J connectivity index is 1.96. The Morgan fingerprint density at radius 2 is 2.06 bits per heavy atom. The van der Waals surface area contributed by atoms with Gasteiger partial charge < -0.3 is 15.1 Å². The molecule has 2 rings (SSSR count). The van der Waals surface area contributed by atoms with Gasteiger partial charge in [-0.15, -0.1) is 11.3 Å². The minimum Gasteiger partial charge on any atom is -0.388 e. The van der Waals surface area contributed by atoms with Gasteiger partial charge in [-0.25, -0.2) is 0 Å². The van der Waals surface area contributed by atoms with Crippen molar-refractivity contribution >= 4 is 34.9 Å². The number of aliphatic hydroxyl groups is 2. The van der Waals surface area contributed by atoms with Gasteiger partial charge >= 0.3 is 0 Å². The highest BCUT2D eigenvalue weighted by molar-refractivity contribution is 7.17. The van der Waals surface area contributed by atoms with E-state index in [1.807, 2.05) is 6.07 Å². The van der Waals surface area contributed by atoms with E-state index in [0.717, 1.165) is 4.88 Å². The van der Waals surface area contributed by atoms with E-state index in [-0.39, 0.29) is 19.0 Å². The Morgan fingerprint density at radius 3 is 2.59 bits per heavy atom. The fourth-order valence-corrected chi connectivity index (χ4v) is 2.59. The molecular weight excluding hydrogens is 262 g/mol. The lowest BCUT2D eigenvalue weighted by Crippen LogP contribution is -2.27. The maximum Gasteiger partial charge on any atom is 0.246 e. The van der Waals surface area contributed by atoms with Crippen LogP contribution in [-0.4, -0.2) is 46.3 Å². The van der Waals surface area contributed by atoms with Crippen molar-refractivity contribution in [3.8, 4) is 0 Å². The van der Waals surface area contributed by atoms with Crippen LogP contribution in [0.15, 0.2) is 18.2 Å². The molecule has 2 heterocycles. The summed E-state index contributed by atoms with van der Waals surface area (Å²) in [6.45, 7) is 0.352. The minimum absolute atomic E-state index is 0.176. The number of β-amino-alcohol motifs (C(OH)–C–C–N with tert-alkyl or cyclic N) is 2. The average molecular weight is 274 g/mol. The third-order valence-electron chi connectivity index (χ3n) is 2.55. The van der Waals surface area contributed by atoms with E-state index in [2.05, 4.69) is 0 Å². The number of carbonyl (C=O) groups is 1. The van der Waals surface area contributed by atoms with Crippen molar-refractivity contribution in [1.82, 2.24) is 4.90 Å². The molecule has 0 aliphatic carbocycles. The molecule has 1 aliphatic heterocycles. The molecular formula is C11H12ClNO3S. The van der Waals surface area contributed by atoms with Crippen LogP contribution in [0.2, 0.25) is 4.34 Å². The quantitative estimate of drug-likeness (QED) is 0.790. The van der Waals surface area contributed by atoms with Crippen molar-refractivity contribution in [1.29, 1.82) is 0 Å². The van der Waals surface area contributed by atoms with E-state index < -0.39 is 12.2 Å². The number of thiophene rings is 1. The first-order valence-electron chi connectivity index (χ1n) is 5.15. The Morgan fingerprint density at radius 1 is 1.41 bits per heavy atom. The number of likely N-dealkylation sites (tertiary alicyclic amines) is 1. The molecule has 1 aromatic rings. The summed E-state index contributed by atoms with van der Waals surface area (Å²) in [7, 11) is 0. The smallest absolute Gasteiger partial charge is 0.246 e. The molecule has 0 radical (unpaired) electrons. The molecule has 92 valence electrons. The first-order valence-corrected chi connectivity index (χ1v) is 6.34. The number of carbonyl (C=O) groups excluding carboxylic acids is 1. The summed E-state index contributed by atoms with van der Waals surface area (Å²) < 4.78 is 0.670. The van der Waals surface area contributed by atoms with E-state index in [4.69, 9.17) is 11.6 Å². The summed E-state index contributed by atoms with van der Waals surface area (Å²) in [6, 6.07) is 3.59. The summed E-state index contributed by atoms with van der Waals surface area (Å²) in [5.41, 5.74) is 0. The molecule has 2 atom stereocenters. The normalized spacial score (nSPS) is 24.8. The van der Waals surface area contributed by atoms with Gasteiger partial charge in [0, 0.05) is 24.0 Å². The topological polar surface area (TPSA) is 60.8 Å². The molecule has 1 fully saturated rings. The molecule has 0 unspecified atom stereocenters. The van der Waals surface area contributed by atoms with Crippen LogP contribution in [0, 0.1) is 0 Å². The molecule has 0 spiro atoms. The number of aliphatic hydroxyl groups excluding tert-OH is 2. The van der Waals surface area contributed by atoms with Gasteiger partial charge in [0.15, 0.2) is 0 Å². The molecule has 0 saturated carbocycles. The summed E-state index contributed by atoms with van der Waals surface area (Å²) in [5, 5.41) is 18.6. The van der Waals surface area contributed by atoms with Gasteiger partial charge in [-0.3, -0.25) is 4.79 Å². The van der Waals surface area contributed by atoms with Crippen molar-refractivity contribution in [3.05, 3.63) is 27.4 Å². The van der Waals surface area contributed by atoms with Crippen LogP contribution in [0.25, 0.3) is 6.08 Å². The highest BCUT2D eigenvalue weighted by atomic mass is 35.5. The van der Waals surface area contributed by atoms with Crippen LogP contribution in [-0.2, 0) is 4.79 Å². The lowest BCUT2D eigenvalue weighted by Gasteiger charge is -2.11. The van der Waals surface area contributed by atoms with Gasteiger partial charge in [-0.05, 0) is 18.2 Å². The number of hydrogen-bond acceptors (Lipinski definition) is 4. The Hall–Kier alpha value is -0.880. The van der Waals surface area contributed by atoms with Crippen molar-refractivity contribution in [2.45, 2.75) is 12.2 Å². The second-order valence-electron chi connectivity index (χ2n) is 3.85. The van der Waals surface area contributed by atoms with Crippen molar-refractivity contribution in [3.63, 3.8) is 0 Å². The SMILES string of the molecule is O=C(C=Cc1ccc(Cl)s1)N1C[C@@H](O)[C@@H](O)C1. The Bertz CT molecular complexity index is 436. The van der Waals surface area contributed by atoms with Crippen LogP contribution in [0.3, 0.4) is 0 Å². The molecule has 0 aromatic carbocycles. The van der Waals surface area contributed by atoms with Gasteiger partial charge in [0.1, 0.15) is 0 Å². The van der Waals surface area contributed by atoms with Crippen LogP contribution in [0.4, 0.5) is 0 Å². The van der Waals surface area contributed by atoms with Crippen LogP contribution in [0.5, 0.6) is 0 Å². The fraction of sp³-hybridized carbons (Fsp3) is 0.364. The molecule has 2 N–H and O–H groups in total. The summed E-state index contributed by atoms with van der Waals surface area (Å²) in [4.78, 5) is 14.0. The molecule has 1 saturated heterocycles. The number of halogens is 1. The van der Waals surface area contributed by atoms with Crippen LogP contribution in [0.1, 0.15) is 4.88 Å². The minimum atomic E-state index is -0.844. The summed E-state index contributed by atoms with van der Waals surface area (Å²) in [6.07, 6.45) is 1.41. The Labute approximate surface area is 108 Å². The summed E-state index contributed by atoms with van der Waals surface area (Å²) in [5.74, 6) is -0.217. The summed E-state index contributed by atoms with van der Waals surface area (Å²) >= 11 is 7.15. The van der Waals surface area contributed by atoms with E-state index in [0.29, 0.717) is 4.34 Å². The maximum absolute atomic E-state index is 11.7. The zero-order valence-corrected chi connectivity index (χ0v) is 10.5. The maximum atomic E-state index is 11.7. The third kappa shape index (κ3) is 3.07. The number of nitrogens with zero attached hydrogens (tertiary/aromatic N) is 1. The van der Waals surface area contributed by atoms with E-state index in [9.17, 15) is 15.0 Å². The second kappa shape index (κ2) is 5.18. The van der Waals surface area contributed by atoms with E-state index in [1.54, 1.807) is 12.1 Å². The molecule has 1 aliphatic rings. The van der Waals surface area contributed by atoms with E-state index in [1.165, 1.54) is 22.3 Å². The van der Waals surface area contributed by atoms with Crippen LogP contribution >= 0.6 is 22.9 Å². The molecule has 17 heavy (non-hydrogen) atoms. The Kier molecular flexibility index (Phi) is 3.83. The third-order valence-corrected chi connectivity index (χ3v) is 3.75. The second-order valence-corrected chi connectivity index (χ2v) is 5.60. The lowest BCUT2D eigenvalue weighted by atomic mass is 10.3. The average Bonchev–Trinajstić information content (AvgIpc) is 2.83. The standard InChI is InChI=1S/C11H12ClNO3S/c12-10-3-1-7(17-10)2-4-11(16)13-5-8(14)9(15)6-13/h1-4,8-9,14-15H,5-6H2/t8-,9+. The van der Waals surface area contributed by atoms with Gasteiger partial charge in [-0.2, -0.15) is 0 Å². The molecule has 4 nitrogen and oxygen atoms in total.